The fourth-order valence-electron chi connectivity index (χ4n) is 4.06. The highest BCUT2D eigenvalue weighted by Gasteiger charge is 2.25. The zero-order valence-electron chi connectivity index (χ0n) is 15.8. The molecule has 28 heavy (non-hydrogen) atoms. The Balaban J connectivity index is 1.64. The number of hydrogen-bond donors (Lipinski definition) is 0. The van der Waals surface area contributed by atoms with Crippen LogP contribution in [0.15, 0.2) is 55.0 Å². The summed E-state index contributed by atoms with van der Waals surface area (Å²) in [6.07, 6.45) is 7.36. The van der Waals surface area contributed by atoms with Crippen molar-refractivity contribution in [3.05, 3.63) is 77.6 Å². The number of para-hydroxylation sites is 1. The fourth-order valence-corrected chi connectivity index (χ4v) is 4.06. The first-order valence-electron chi connectivity index (χ1n) is 9.48. The number of hydrogen-bond acceptors (Lipinski definition) is 4. The maximum Gasteiger partial charge on any atom is 0.212 e. The van der Waals surface area contributed by atoms with Crippen molar-refractivity contribution >= 4 is 5.69 Å². The Morgan fingerprint density at radius 3 is 2.61 bits per heavy atom. The molecular weight excluding hydrogens is 351 g/mol. The van der Waals surface area contributed by atoms with Gasteiger partial charge in [0.2, 0.25) is 5.95 Å². The number of nitrogens with zero attached hydrogens (tertiary/aromatic N) is 4. The molecule has 5 heteroatoms. The molecule has 140 valence electrons. The Kier molecular flexibility index (Phi) is 5.03. The minimum absolute atomic E-state index is 0.482. The summed E-state index contributed by atoms with van der Waals surface area (Å²) in [4.78, 5) is 10.4. The van der Waals surface area contributed by atoms with E-state index in [4.69, 9.17) is 0 Å². The van der Waals surface area contributed by atoms with Gasteiger partial charge in [0.05, 0.1) is 11.3 Å². The highest BCUT2D eigenvalue weighted by Crippen LogP contribution is 2.38. The van der Waals surface area contributed by atoms with Crippen molar-refractivity contribution in [1.29, 1.82) is 5.26 Å². The summed E-state index contributed by atoms with van der Waals surface area (Å²) >= 11 is 0. The molecule has 3 aromatic rings. The summed E-state index contributed by atoms with van der Waals surface area (Å²) in [7, 11) is 0. The number of pyridine rings is 2. The van der Waals surface area contributed by atoms with E-state index in [1.165, 1.54) is 23.4 Å². The van der Waals surface area contributed by atoms with Gasteiger partial charge < -0.3 is 4.90 Å². The average Bonchev–Trinajstić information content (AvgIpc) is 2.74. The summed E-state index contributed by atoms with van der Waals surface area (Å²) in [5.41, 5.74) is 5.89. The number of benzene rings is 1. The first-order valence-corrected chi connectivity index (χ1v) is 9.48. The van der Waals surface area contributed by atoms with Crippen molar-refractivity contribution in [2.75, 3.05) is 18.0 Å². The lowest BCUT2D eigenvalue weighted by Gasteiger charge is -2.35. The maximum atomic E-state index is 13.3. The molecule has 0 spiro atoms. The Morgan fingerprint density at radius 2 is 1.93 bits per heavy atom. The van der Waals surface area contributed by atoms with Gasteiger partial charge in [-0.1, -0.05) is 12.1 Å². The lowest BCUT2D eigenvalue weighted by molar-refractivity contribution is 0.503. The molecule has 1 aromatic carbocycles. The van der Waals surface area contributed by atoms with Crippen molar-refractivity contribution in [2.45, 2.75) is 25.7 Å². The zero-order chi connectivity index (χ0) is 19.5. The van der Waals surface area contributed by atoms with Gasteiger partial charge in [-0.05, 0) is 61.1 Å². The number of piperidine rings is 1. The summed E-state index contributed by atoms with van der Waals surface area (Å²) in [5.74, 6) is -0.0236. The van der Waals surface area contributed by atoms with Crippen molar-refractivity contribution in [1.82, 2.24) is 9.97 Å². The summed E-state index contributed by atoms with van der Waals surface area (Å²) in [6.45, 7) is 3.85. The van der Waals surface area contributed by atoms with Crippen LogP contribution < -0.4 is 4.90 Å². The zero-order valence-corrected chi connectivity index (χ0v) is 15.8. The molecule has 0 atom stereocenters. The molecule has 1 fully saturated rings. The van der Waals surface area contributed by atoms with E-state index in [1.54, 1.807) is 6.07 Å². The Bertz CT molecular complexity index is 1020. The quantitative estimate of drug-likeness (QED) is 0.617. The number of aryl methyl sites for hydroxylation is 1. The Morgan fingerprint density at radius 1 is 1.11 bits per heavy atom. The van der Waals surface area contributed by atoms with E-state index in [2.05, 4.69) is 33.9 Å². The molecule has 3 heterocycles. The topological polar surface area (TPSA) is 52.8 Å². The minimum atomic E-state index is -0.505. The molecule has 1 aliphatic heterocycles. The molecule has 0 radical (unpaired) electrons. The van der Waals surface area contributed by atoms with Gasteiger partial charge in [-0.2, -0.15) is 9.65 Å². The second-order valence-corrected chi connectivity index (χ2v) is 7.18. The van der Waals surface area contributed by atoms with E-state index < -0.39 is 5.95 Å². The van der Waals surface area contributed by atoms with Crippen LogP contribution in [0.3, 0.4) is 0 Å². The van der Waals surface area contributed by atoms with Gasteiger partial charge in [0, 0.05) is 42.8 Å². The standard InChI is InChI=1S/C23H21FN4/c1-16-7-10-26-15-21(16)17-8-11-28(12-9-17)23-18(13-25)3-2-4-20(23)19-5-6-22(24)27-14-19/h2-7,10,14-15,17H,8-9,11-12H2,1H3. The molecule has 1 aliphatic rings. The number of anilines is 1. The minimum Gasteiger partial charge on any atom is -0.370 e. The predicted molar refractivity (Wildman–Crippen MR) is 108 cm³/mol. The van der Waals surface area contributed by atoms with Crippen LogP contribution in [-0.4, -0.2) is 23.1 Å². The number of nitriles is 1. The van der Waals surface area contributed by atoms with Gasteiger partial charge >= 0.3 is 0 Å². The van der Waals surface area contributed by atoms with E-state index in [0.29, 0.717) is 11.5 Å². The van der Waals surface area contributed by atoms with Crippen LogP contribution in [0.2, 0.25) is 0 Å². The third-order valence-corrected chi connectivity index (χ3v) is 5.53. The third kappa shape index (κ3) is 3.46. The van der Waals surface area contributed by atoms with E-state index in [1.807, 2.05) is 30.6 Å². The van der Waals surface area contributed by atoms with Gasteiger partial charge in [0.15, 0.2) is 0 Å². The maximum absolute atomic E-state index is 13.3. The molecule has 0 unspecified atom stereocenters. The Hall–Kier alpha value is -3.26. The van der Waals surface area contributed by atoms with Crippen LogP contribution in [-0.2, 0) is 0 Å². The van der Waals surface area contributed by atoms with Gasteiger partial charge in [-0.25, -0.2) is 4.98 Å². The lowest BCUT2D eigenvalue weighted by atomic mass is 9.87. The molecule has 0 amide bonds. The van der Waals surface area contributed by atoms with Crippen LogP contribution in [0, 0.1) is 24.2 Å². The molecule has 1 saturated heterocycles. The van der Waals surface area contributed by atoms with Gasteiger partial charge in [-0.3, -0.25) is 4.98 Å². The average molecular weight is 372 g/mol. The lowest BCUT2D eigenvalue weighted by Crippen LogP contribution is -2.34. The molecular formula is C23H21FN4. The number of aromatic nitrogens is 2. The summed E-state index contributed by atoms with van der Waals surface area (Å²) in [5, 5.41) is 9.67. The molecule has 0 N–H and O–H groups in total. The second kappa shape index (κ2) is 7.77. The normalized spacial score (nSPS) is 14.7. The SMILES string of the molecule is Cc1ccncc1C1CCN(c2c(C#N)cccc2-c2ccc(F)nc2)CC1. The number of halogens is 1. The summed E-state index contributed by atoms with van der Waals surface area (Å²) < 4.78 is 13.3. The molecule has 0 aliphatic carbocycles. The van der Waals surface area contributed by atoms with E-state index >= 15 is 0 Å². The largest absolute Gasteiger partial charge is 0.370 e. The summed E-state index contributed by atoms with van der Waals surface area (Å²) in [6, 6.07) is 13.1. The van der Waals surface area contributed by atoms with E-state index in [9.17, 15) is 9.65 Å². The van der Waals surface area contributed by atoms with Crippen LogP contribution >= 0.6 is 0 Å². The van der Waals surface area contributed by atoms with Crippen molar-refractivity contribution in [3.8, 4) is 17.2 Å². The number of rotatable bonds is 3. The predicted octanol–water partition coefficient (Wildman–Crippen LogP) is 4.85. The van der Waals surface area contributed by atoms with Gasteiger partial charge in [0.1, 0.15) is 6.07 Å². The van der Waals surface area contributed by atoms with Crippen LogP contribution in [0.5, 0.6) is 0 Å². The van der Waals surface area contributed by atoms with Crippen LogP contribution in [0.1, 0.15) is 35.4 Å². The van der Waals surface area contributed by atoms with Crippen molar-refractivity contribution in [2.24, 2.45) is 0 Å². The van der Waals surface area contributed by atoms with Crippen molar-refractivity contribution in [3.63, 3.8) is 0 Å². The molecule has 4 nitrogen and oxygen atoms in total. The monoisotopic (exact) mass is 372 g/mol. The molecule has 4 rings (SSSR count). The van der Waals surface area contributed by atoms with Crippen molar-refractivity contribution < 1.29 is 4.39 Å². The highest BCUT2D eigenvalue weighted by molar-refractivity contribution is 5.82. The van der Waals surface area contributed by atoms with Gasteiger partial charge in [0.25, 0.3) is 0 Å². The van der Waals surface area contributed by atoms with E-state index in [0.717, 1.165) is 42.7 Å². The Labute approximate surface area is 164 Å². The third-order valence-electron chi connectivity index (χ3n) is 5.53. The fraction of sp³-hybridized carbons (Fsp3) is 0.261. The highest BCUT2D eigenvalue weighted by atomic mass is 19.1. The first kappa shape index (κ1) is 18.1. The van der Waals surface area contributed by atoms with Crippen LogP contribution in [0.4, 0.5) is 10.1 Å². The smallest absolute Gasteiger partial charge is 0.212 e. The molecule has 2 aromatic heterocycles. The molecule has 0 saturated carbocycles. The molecule has 0 bridgehead atoms. The first-order chi connectivity index (χ1) is 13.7. The second-order valence-electron chi connectivity index (χ2n) is 7.18. The van der Waals surface area contributed by atoms with Gasteiger partial charge in [-0.15, -0.1) is 0 Å². The van der Waals surface area contributed by atoms with Crippen LogP contribution in [0.25, 0.3) is 11.1 Å². The van der Waals surface area contributed by atoms with E-state index in [-0.39, 0.29) is 0 Å².